The third-order valence-electron chi connectivity index (χ3n) is 2.04. The number of likely N-dealkylation sites (N-methyl/N-ethyl adjacent to an activating group) is 1. The van der Waals surface area contributed by atoms with Gasteiger partial charge in [-0.1, -0.05) is 6.07 Å². The monoisotopic (exact) mass is 197 g/mol. The summed E-state index contributed by atoms with van der Waals surface area (Å²) in [4.78, 5) is 12.8. The molecular formula is C10H15NOS. The number of thiophene rings is 1. The van der Waals surface area contributed by atoms with Crippen molar-refractivity contribution in [1.82, 2.24) is 5.32 Å². The van der Waals surface area contributed by atoms with E-state index < -0.39 is 5.41 Å². The molecule has 72 valence electrons. The van der Waals surface area contributed by atoms with Gasteiger partial charge in [0.25, 0.3) is 0 Å². The van der Waals surface area contributed by atoms with Crippen LogP contribution in [0.2, 0.25) is 0 Å². The molecule has 1 heterocycles. The van der Waals surface area contributed by atoms with Gasteiger partial charge in [-0.3, -0.25) is 4.79 Å². The van der Waals surface area contributed by atoms with Crippen molar-refractivity contribution in [3.8, 4) is 0 Å². The fraction of sp³-hybridized carbons (Fsp3) is 0.500. The number of hydrogen-bond donors (Lipinski definition) is 1. The van der Waals surface area contributed by atoms with Gasteiger partial charge in [0.05, 0.1) is 5.41 Å². The van der Waals surface area contributed by atoms with Crippen LogP contribution < -0.4 is 5.32 Å². The molecule has 13 heavy (non-hydrogen) atoms. The highest BCUT2D eigenvalue weighted by molar-refractivity contribution is 7.10. The number of amides is 1. The van der Waals surface area contributed by atoms with Crippen molar-refractivity contribution in [3.05, 3.63) is 22.4 Å². The van der Waals surface area contributed by atoms with E-state index >= 15 is 0 Å². The van der Waals surface area contributed by atoms with Crippen LogP contribution in [-0.2, 0) is 10.2 Å². The highest BCUT2D eigenvalue weighted by Crippen LogP contribution is 2.27. The number of carbonyl (C=O) groups is 1. The topological polar surface area (TPSA) is 29.1 Å². The Balaban J connectivity index is 2.82. The molecule has 0 aliphatic carbocycles. The summed E-state index contributed by atoms with van der Waals surface area (Å²) >= 11 is 1.62. The molecule has 1 amide bonds. The van der Waals surface area contributed by atoms with Crippen LogP contribution in [-0.4, -0.2) is 12.5 Å². The Hall–Kier alpha value is -0.830. The maximum absolute atomic E-state index is 11.7. The normalized spacial score (nSPS) is 11.3. The third-order valence-corrected chi connectivity index (χ3v) is 3.24. The summed E-state index contributed by atoms with van der Waals surface area (Å²) in [7, 11) is 0. The lowest BCUT2D eigenvalue weighted by atomic mass is 9.90. The number of carbonyl (C=O) groups excluding carboxylic acids is 1. The van der Waals surface area contributed by atoms with Gasteiger partial charge in [0.15, 0.2) is 0 Å². The van der Waals surface area contributed by atoms with Gasteiger partial charge in [0, 0.05) is 11.4 Å². The summed E-state index contributed by atoms with van der Waals surface area (Å²) in [6.07, 6.45) is 0. The van der Waals surface area contributed by atoms with Crippen LogP contribution in [0.25, 0.3) is 0 Å². The second kappa shape index (κ2) is 3.92. The van der Waals surface area contributed by atoms with Gasteiger partial charge in [0.2, 0.25) is 5.91 Å². The molecule has 2 nitrogen and oxygen atoms in total. The lowest BCUT2D eigenvalue weighted by Gasteiger charge is -2.21. The molecule has 0 aromatic carbocycles. The Labute approximate surface area is 83.0 Å². The number of hydrogen-bond acceptors (Lipinski definition) is 2. The van der Waals surface area contributed by atoms with Gasteiger partial charge in [-0.25, -0.2) is 0 Å². The smallest absolute Gasteiger partial charge is 0.230 e. The molecule has 0 aliphatic heterocycles. The Bertz CT molecular complexity index is 277. The average Bonchev–Trinajstić information content (AvgIpc) is 2.56. The first kappa shape index (κ1) is 10.3. The van der Waals surface area contributed by atoms with E-state index in [1.54, 1.807) is 11.3 Å². The van der Waals surface area contributed by atoms with E-state index in [-0.39, 0.29) is 5.91 Å². The standard InChI is InChI=1S/C10H15NOS/c1-4-11-9(12)10(2,3)8-6-5-7-13-8/h5-7H,4H2,1-3H3,(H,11,12). The van der Waals surface area contributed by atoms with Gasteiger partial charge >= 0.3 is 0 Å². The molecular weight excluding hydrogens is 182 g/mol. The van der Waals surface area contributed by atoms with Crippen molar-refractivity contribution in [3.63, 3.8) is 0 Å². The Morgan fingerprint density at radius 3 is 2.77 bits per heavy atom. The second-order valence-electron chi connectivity index (χ2n) is 3.46. The largest absolute Gasteiger partial charge is 0.356 e. The molecule has 0 fully saturated rings. The van der Waals surface area contributed by atoms with E-state index in [1.807, 2.05) is 38.3 Å². The first-order valence-electron chi connectivity index (χ1n) is 4.41. The van der Waals surface area contributed by atoms with Gasteiger partial charge in [-0.15, -0.1) is 11.3 Å². The van der Waals surface area contributed by atoms with Gasteiger partial charge < -0.3 is 5.32 Å². The average molecular weight is 197 g/mol. The molecule has 0 saturated heterocycles. The molecule has 1 aromatic rings. The van der Waals surface area contributed by atoms with E-state index in [9.17, 15) is 4.79 Å². The molecule has 3 heteroatoms. The first-order valence-corrected chi connectivity index (χ1v) is 5.29. The molecule has 1 aromatic heterocycles. The zero-order chi connectivity index (χ0) is 9.90. The summed E-state index contributed by atoms with van der Waals surface area (Å²) in [5.41, 5.74) is -0.399. The maximum Gasteiger partial charge on any atom is 0.230 e. The van der Waals surface area contributed by atoms with Crippen LogP contribution in [0, 0.1) is 0 Å². The Morgan fingerprint density at radius 1 is 1.62 bits per heavy atom. The third kappa shape index (κ3) is 2.10. The van der Waals surface area contributed by atoms with Gasteiger partial charge in [0.1, 0.15) is 0 Å². The highest BCUT2D eigenvalue weighted by Gasteiger charge is 2.29. The van der Waals surface area contributed by atoms with Crippen LogP contribution in [0.1, 0.15) is 25.6 Å². The lowest BCUT2D eigenvalue weighted by Crippen LogP contribution is -2.39. The van der Waals surface area contributed by atoms with E-state index in [0.717, 1.165) is 4.88 Å². The van der Waals surface area contributed by atoms with Crippen LogP contribution in [0.5, 0.6) is 0 Å². The van der Waals surface area contributed by atoms with Crippen LogP contribution in [0.3, 0.4) is 0 Å². The highest BCUT2D eigenvalue weighted by atomic mass is 32.1. The minimum absolute atomic E-state index is 0.0949. The van der Waals surface area contributed by atoms with Gasteiger partial charge in [-0.05, 0) is 32.2 Å². The second-order valence-corrected chi connectivity index (χ2v) is 4.41. The minimum Gasteiger partial charge on any atom is -0.356 e. The molecule has 0 aliphatic rings. The van der Waals surface area contributed by atoms with E-state index in [1.165, 1.54) is 0 Å². The van der Waals surface area contributed by atoms with Gasteiger partial charge in [-0.2, -0.15) is 0 Å². The van der Waals surface area contributed by atoms with Crippen LogP contribution in [0.15, 0.2) is 17.5 Å². The minimum atomic E-state index is -0.399. The molecule has 0 spiro atoms. The summed E-state index contributed by atoms with van der Waals surface area (Å²) in [6, 6.07) is 3.97. The molecule has 1 rings (SSSR count). The summed E-state index contributed by atoms with van der Waals surface area (Å²) < 4.78 is 0. The van der Waals surface area contributed by atoms with E-state index in [0.29, 0.717) is 6.54 Å². The molecule has 0 bridgehead atoms. The summed E-state index contributed by atoms with van der Waals surface area (Å²) in [6.45, 7) is 6.52. The molecule has 0 unspecified atom stereocenters. The number of rotatable bonds is 3. The number of nitrogens with one attached hydrogen (secondary N) is 1. The maximum atomic E-state index is 11.7. The van der Waals surface area contributed by atoms with Crippen molar-refractivity contribution in [2.24, 2.45) is 0 Å². The molecule has 0 saturated carbocycles. The molecule has 0 atom stereocenters. The van der Waals surface area contributed by atoms with Crippen molar-refractivity contribution < 1.29 is 4.79 Å². The fourth-order valence-electron chi connectivity index (χ4n) is 1.13. The molecule has 1 N–H and O–H groups in total. The van der Waals surface area contributed by atoms with E-state index in [2.05, 4.69) is 5.32 Å². The van der Waals surface area contributed by atoms with E-state index in [4.69, 9.17) is 0 Å². The van der Waals surface area contributed by atoms with Crippen molar-refractivity contribution in [2.45, 2.75) is 26.2 Å². The Morgan fingerprint density at radius 2 is 2.31 bits per heavy atom. The predicted molar refractivity (Wildman–Crippen MR) is 56.0 cm³/mol. The summed E-state index contributed by atoms with van der Waals surface area (Å²) in [5, 5.41) is 4.84. The van der Waals surface area contributed by atoms with Crippen molar-refractivity contribution in [1.29, 1.82) is 0 Å². The predicted octanol–water partition coefficient (Wildman–Crippen LogP) is 2.16. The zero-order valence-electron chi connectivity index (χ0n) is 8.26. The van der Waals surface area contributed by atoms with Crippen molar-refractivity contribution >= 4 is 17.2 Å². The lowest BCUT2D eigenvalue weighted by molar-refractivity contribution is -0.125. The SMILES string of the molecule is CCNC(=O)C(C)(C)c1cccs1. The summed E-state index contributed by atoms with van der Waals surface area (Å²) in [5.74, 6) is 0.0949. The molecule has 0 radical (unpaired) electrons. The van der Waals surface area contributed by atoms with Crippen molar-refractivity contribution in [2.75, 3.05) is 6.54 Å². The van der Waals surface area contributed by atoms with Crippen LogP contribution >= 0.6 is 11.3 Å². The Kier molecular flexibility index (Phi) is 3.09. The zero-order valence-corrected chi connectivity index (χ0v) is 9.07. The quantitative estimate of drug-likeness (QED) is 0.790. The fourth-order valence-corrected chi connectivity index (χ4v) is 1.98. The van der Waals surface area contributed by atoms with Crippen LogP contribution in [0.4, 0.5) is 0 Å². The first-order chi connectivity index (χ1) is 6.09.